The van der Waals surface area contributed by atoms with Gasteiger partial charge in [0.25, 0.3) is 0 Å². The number of nitrogens with one attached hydrogen (secondary N) is 3. The summed E-state index contributed by atoms with van der Waals surface area (Å²) in [6.45, 7) is 4.60. The molecule has 0 radical (unpaired) electrons. The van der Waals surface area contributed by atoms with Crippen LogP contribution in [0.25, 0.3) is 0 Å². The van der Waals surface area contributed by atoms with Crippen LogP contribution in [-0.2, 0) is 21.2 Å². The topological polar surface area (TPSA) is 105 Å². The SMILES string of the molecule is CCNC(=NCCS(=O)(=O)NCC1CCCCO1)NCCc1ccccn1. The van der Waals surface area contributed by atoms with Gasteiger partial charge in [-0.3, -0.25) is 9.98 Å². The standard InChI is InChI=1S/C18H31N5O3S/c1-2-19-18(21-11-9-16-7-3-5-10-20-16)22-12-14-27(24,25)23-15-17-8-4-6-13-26-17/h3,5,7,10,17,23H,2,4,6,8-9,11-15H2,1H3,(H2,19,21,22). The Kier molecular flexibility index (Phi) is 9.51. The first-order chi connectivity index (χ1) is 13.1. The molecule has 1 saturated heterocycles. The molecule has 0 aromatic carbocycles. The molecule has 9 heteroatoms. The summed E-state index contributed by atoms with van der Waals surface area (Å²) in [5.41, 5.74) is 0.998. The maximum atomic E-state index is 12.1. The Balaban J connectivity index is 1.72. The molecule has 0 bridgehead atoms. The number of rotatable bonds is 10. The van der Waals surface area contributed by atoms with Gasteiger partial charge in [-0.15, -0.1) is 0 Å². The fraction of sp³-hybridized carbons (Fsp3) is 0.667. The quantitative estimate of drug-likeness (QED) is 0.396. The molecular weight excluding hydrogens is 366 g/mol. The Morgan fingerprint density at radius 1 is 1.33 bits per heavy atom. The third-order valence-corrected chi connectivity index (χ3v) is 5.51. The van der Waals surface area contributed by atoms with Crippen LogP contribution in [-0.4, -0.2) is 64.0 Å². The van der Waals surface area contributed by atoms with Crippen molar-refractivity contribution in [2.75, 3.05) is 38.5 Å². The minimum atomic E-state index is -3.36. The number of pyridine rings is 1. The van der Waals surface area contributed by atoms with E-state index < -0.39 is 10.0 Å². The Morgan fingerprint density at radius 3 is 2.93 bits per heavy atom. The maximum Gasteiger partial charge on any atom is 0.213 e. The van der Waals surface area contributed by atoms with Crippen LogP contribution in [0.15, 0.2) is 29.4 Å². The van der Waals surface area contributed by atoms with Crippen LogP contribution in [0, 0.1) is 0 Å². The van der Waals surface area contributed by atoms with Crippen LogP contribution in [0.1, 0.15) is 31.9 Å². The lowest BCUT2D eigenvalue weighted by Gasteiger charge is -2.22. The Hall–Kier alpha value is -1.71. The zero-order chi connectivity index (χ0) is 19.4. The predicted molar refractivity (Wildman–Crippen MR) is 107 cm³/mol. The van der Waals surface area contributed by atoms with Crippen molar-refractivity contribution in [1.29, 1.82) is 0 Å². The monoisotopic (exact) mass is 397 g/mol. The van der Waals surface area contributed by atoms with Gasteiger partial charge in [0.1, 0.15) is 0 Å². The second-order valence-corrected chi connectivity index (χ2v) is 8.34. The number of aromatic nitrogens is 1. The van der Waals surface area contributed by atoms with E-state index in [9.17, 15) is 8.42 Å². The summed E-state index contributed by atoms with van der Waals surface area (Å²) >= 11 is 0. The number of sulfonamides is 1. The van der Waals surface area contributed by atoms with Crippen LogP contribution in [0.3, 0.4) is 0 Å². The summed E-state index contributed by atoms with van der Waals surface area (Å²) in [6.07, 6.45) is 5.58. The fourth-order valence-corrected chi connectivity index (χ4v) is 3.65. The van der Waals surface area contributed by atoms with Crippen LogP contribution < -0.4 is 15.4 Å². The van der Waals surface area contributed by atoms with E-state index in [1.165, 1.54) is 0 Å². The van der Waals surface area contributed by atoms with Crippen molar-refractivity contribution < 1.29 is 13.2 Å². The van der Waals surface area contributed by atoms with Crippen molar-refractivity contribution in [2.45, 2.75) is 38.7 Å². The van der Waals surface area contributed by atoms with E-state index in [1.807, 2.05) is 25.1 Å². The normalized spacial score (nSPS) is 18.3. The summed E-state index contributed by atoms with van der Waals surface area (Å²) < 4.78 is 32.4. The van der Waals surface area contributed by atoms with Crippen molar-refractivity contribution in [1.82, 2.24) is 20.3 Å². The van der Waals surface area contributed by atoms with E-state index >= 15 is 0 Å². The molecule has 1 aliphatic heterocycles. The molecule has 2 heterocycles. The molecule has 1 aromatic heterocycles. The molecule has 27 heavy (non-hydrogen) atoms. The summed E-state index contributed by atoms with van der Waals surface area (Å²) in [7, 11) is -3.36. The van der Waals surface area contributed by atoms with E-state index in [0.717, 1.165) is 31.4 Å². The van der Waals surface area contributed by atoms with Gasteiger partial charge in [0.05, 0.1) is 18.4 Å². The lowest BCUT2D eigenvalue weighted by Crippen LogP contribution is -2.39. The average molecular weight is 398 g/mol. The van der Waals surface area contributed by atoms with E-state index in [1.54, 1.807) is 6.20 Å². The third kappa shape index (κ3) is 9.16. The molecule has 0 saturated carbocycles. The molecule has 0 amide bonds. The van der Waals surface area contributed by atoms with Gasteiger partial charge in [0, 0.05) is 44.6 Å². The van der Waals surface area contributed by atoms with Crippen molar-refractivity contribution in [3.05, 3.63) is 30.1 Å². The maximum absolute atomic E-state index is 12.1. The number of hydrogen-bond acceptors (Lipinski definition) is 5. The summed E-state index contributed by atoms with van der Waals surface area (Å²) in [4.78, 5) is 8.63. The van der Waals surface area contributed by atoms with E-state index in [0.29, 0.717) is 32.2 Å². The molecular formula is C18H31N5O3S. The second kappa shape index (κ2) is 11.9. The highest BCUT2D eigenvalue weighted by Gasteiger charge is 2.17. The lowest BCUT2D eigenvalue weighted by molar-refractivity contribution is 0.0200. The van der Waals surface area contributed by atoms with Gasteiger partial charge in [0.2, 0.25) is 10.0 Å². The zero-order valence-corrected chi connectivity index (χ0v) is 16.8. The first-order valence-corrected chi connectivity index (χ1v) is 11.3. The van der Waals surface area contributed by atoms with Crippen LogP contribution in [0.2, 0.25) is 0 Å². The predicted octanol–water partition coefficient (Wildman–Crippen LogP) is 0.668. The first kappa shape index (κ1) is 21.6. The van der Waals surface area contributed by atoms with Gasteiger partial charge in [0.15, 0.2) is 5.96 Å². The molecule has 2 rings (SSSR count). The summed E-state index contributed by atoms with van der Waals surface area (Å²) in [5, 5.41) is 6.32. The van der Waals surface area contributed by atoms with E-state index in [-0.39, 0.29) is 18.4 Å². The lowest BCUT2D eigenvalue weighted by atomic mass is 10.1. The molecule has 1 aromatic rings. The smallest absolute Gasteiger partial charge is 0.213 e. The Morgan fingerprint density at radius 2 is 2.22 bits per heavy atom. The fourth-order valence-electron chi connectivity index (χ4n) is 2.73. The average Bonchev–Trinajstić information content (AvgIpc) is 2.68. The van der Waals surface area contributed by atoms with Crippen molar-refractivity contribution in [3.8, 4) is 0 Å². The molecule has 0 spiro atoms. The molecule has 3 N–H and O–H groups in total. The van der Waals surface area contributed by atoms with Crippen LogP contribution in [0.5, 0.6) is 0 Å². The second-order valence-electron chi connectivity index (χ2n) is 6.41. The van der Waals surface area contributed by atoms with Gasteiger partial charge >= 0.3 is 0 Å². The summed E-state index contributed by atoms with van der Waals surface area (Å²) in [5.74, 6) is 0.565. The van der Waals surface area contributed by atoms with E-state index in [4.69, 9.17) is 4.74 Å². The van der Waals surface area contributed by atoms with E-state index in [2.05, 4.69) is 25.3 Å². The Labute approximate surface area is 162 Å². The van der Waals surface area contributed by atoms with Crippen LogP contribution >= 0.6 is 0 Å². The molecule has 8 nitrogen and oxygen atoms in total. The van der Waals surface area contributed by atoms with Crippen molar-refractivity contribution >= 4 is 16.0 Å². The summed E-state index contributed by atoms with van der Waals surface area (Å²) in [6, 6.07) is 5.81. The molecule has 152 valence electrons. The van der Waals surface area contributed by atoms with Gasteiger partial charge in [-0.05, 0) is 38.3 Å². The first-order valence-electron chi connectivity index (χ1n) is 9.60. The molecule has 1 unspecified atom stereocenters. The number of aliphatic imine (C=N–C) groups is 1. The van der Waals surface area contributed by atoms with Crippen LogP contribution in [0.4, 0.5) is 0 Å². The highest BCUT2D eigenvalue weighted by atomic mass is 32.2. The zero-order valence-electron chi connectivity index (χ0n) is 16.0. The number of hydrogen-bond donors (Lipinski definition) is 3. The van der Waals surface area contributed by atoms with Gasteiger partial charge in [-0.25, -0.2) is 13.1 Å². The third-order valence-electron chi connectivity index (χ3n) is 4.18. The largest absolute Gasteiger partial charge is 0.377 e. The number of nitrogens with zero attached hydrogens (tertiary/aromatic N) is 2. The minimum Gasteiger partial charge on any atom is -0.377 e. The molecule has 1 fully saturated rings. The highest BCUT2D eigenvalue weighted by Crippen LogP contribution is 2.11. The highest BCUT2D eigenvalue weighted by molar-refractivity contribution is 7.89. The molecule has 1 aliphatic rings. The van der Waals surface area contributed by atoms with Crippen molar-refractivity contribution in [3.63, 3.8) is 0 Å². The van der Waals surface area contributed by atoms with Gasteiger partial charge in [-0.2, -0.15) is 0 Å². The van der Waals surface area contributed by atoms with Gasteiger partial charge < -0.3 is 15.4 Å². The minimum absolute atomic E-state index is 0.0115. The number of ether oxygens (including phenoxy) is 1. The molecule has 1 atom stereocenters. The van der Waals surface area contributed by atoms with Gasteiger partial charge in [-0.1, -0.05) is 6.07 Å². The Bertz CT molecular complexity index is 661. The van der Waals surface area contributed by atoms with Crippen molar-refractivity contribution in [2.24, 2.45) is 4.99 Å². The molecule has 0 aliphatic carbocycles. The number of guanidine groups is 1.